The van der Waals surface area contributed by atoms with Crippen molar-refractivity contribution in [2.75, 3.05) is 12.8 Å². The molecule has 0 aromatic carbocycles. The number of carbonyl (C=O) groups excluding carboxylic acids is 1. The molecular weight excluding hydrogens is 182 g/mol. The van der Waals surface area contributed by atoms with E-state index in [-0.39, 0.29) is 16.7 Å². The molecule has 5 nitrogen and oxygen atoms in total. The van der Waals surface area contributed by atoms with Gasteiger partial charge in [-0.15, -0.1) is 0 Å². The molecule has 0 unspecified atom stereocenters. The van der Waals surface area contributed by atoms with Crippen LogP contribution in [0.2, 0.25) is 5.15 Å². The first-order valence-electron chi connectivity index (χ1n) is 3.01. The predicted octanol–water partition coefficient (Wildman–Crippen LogP) is 0.499. The van der Waals surface area contributed by atoms with Crippen molar-refractivity contribution < 1.29 is 9.53 Å². The van der Waals surface area contributed by atoms with Gasteiger partial charge in [0.25, 0.3) is 0 Å². The minimum absolute atomic E-state index is 0.00194. The van der Waals surface area contributed by atoms with E-state index in [2.05, 4.69) is 14.7 Å². The highest BCUT2D eigenvalue weighted by Crippen LogP contribution is 2.12. The Labute approximate surface area is 73.5 Å². The van der Waals surface area contributed by atoms with Crippen LogP contribution in [0.25, 0.3) is 0 Å². The molecule has 0 saturated heterocycles. The Bertz CT molecular complexity index is 316. The molecule has 0 atom stereocenters. The van der Waals surface area contributed by atoms with Gasteiger partial charge in [-0.1, -0.05) is 11.6 Å². The van der Waals surface area contributed by atoms with Gasteiger partial charge in [0.15, 0.2) is 16.7 Å². The lowest BCUT2D eigenvalue weighted by Crippen LogP contribution is -2.06. The molecule has 0 bridgehead atoms. The summed E-state index contributed by atoms with van der Waals surface area (Å²) in [5, 5.41) is -0.00194. The second-order valence-electron chi connectivity index (χ2n) is 1.92. The SMILES string of the molecule is COC(=O)c1cnc(N)c(Cl)n1. The fourth-order valence-electron chi connectivity index (χ4n) is 0.579. The normalized spacial score (nSPS) is 9.50. The number of nitrogens with two attached hydrogens (primary N) is 1. The zero-order valence-electron chi connectivity index (χ0n) is 6.24. The number of nitrogen functional groups attached to an aromatic ring is 1. The van der Waals surface area contributed by atoms with E-state index in [1.165, 1.54) is 13.3 Å². The van der Waals surface area contributed by atoms with Crippen molar-refractivity contribution in [3.05, 3.63) is 17.0 Å². The summed E-state index contributed by atoms with van der Waals surface area (Å²) in [5.41, 5.74) is 5.31. The molecule has 1 heterocycles. The van der Waals surface area contributed by atoms with E-state index in [0.717, 1.165) is 0 Å². The van der Waals surface area contributed by atoms with Crippen molar-refractivity contribution in [2.24, 2.45) is 0 Å². The average molecular weight is 188 g/mol. The number of rotatable bonds is 1. The third-order valence-corrected chi connectivity index (χ3v) is 1.43. The van der Waals surface area contributed by atoms with Gasteiger partial charge in [-0.05, 0) is 0 Å². The number of aromatic nitrogens is 2. The molecule has 0 spiro atoms. The molecule has 0 amide bonds. The van der Waals surface area contributed by atoms with Gasteiger partial charge in [0, 0.05) is 0 Å². The molecule has 1 aromatic heterocycles. The summed E-state index contributed by atoms with van der Waals surface area (Å²) in [6.45, 7) is 0. The quantitative estimate of drug-likeness (QED) is 0.648. The first-order chi connectivity index (χ1) is 5.65. The monoisotopic (exact) mass is 187 g/mol. The summed E-state index contributed by atoms with van der Waals surface area (Å²) in [4.78, 5) is 18.1. The number of ether oxygens (including phenoxy) is 1. The van der Waals surface area contributed by atoms with Crippen molar-refractivity contribution >= 4 is 23.4 Å². The Hall–Kier alpha value is -1.36. The molecule has 0 aliphatic heterocycles. The summed E-state index contributed by atoms with van der Waals surface area (Å²) >= 11 is 5.51. The second-order valence-corrected chi connectivity index (χ2v) is 2.28. The van der Waals surface area contributed by atoms with Gasteiger partial charge >= 0.3 is 5.97 Å². The highest BCUT2D eigenvalue weighted by Gasteiger charge is 2.09. The Kier molecular flexibility index (Phi) is 2.44. The van der Waals surface area contributed by atoms with Crippen molar-refractivity contribution in [3.8, 4) is 0 Å². The van der Waals surface area contributed by atoms with Crippen molar-refractivity contribution in [2.45, 2.75) is 0 Å². The van der Waals surface area contributed by atoms with E-state index in [4.69, 9.17) is 17.3 Å². The number of methoxy groups -OCH3 is 1. The summed E-state index contributed by atoms with van der Waals surface area (Å²) in [6.07, 6.45) is 1.20. The Morgan fingerprint density at radius 2 is 2.42 bits per heavy atom. The summed E-state index contributed by atoms with van der Waals surface area (Å²) in [6, 6.07) is 0. The fraction of sp³-hybridized carbons (Fsp3) is 0.167. The lowest BCUT2D eigenvalue weighted by molar-refractivity contribution is 0.0593. The van der Waals surface area contributed by atoms with Crippen molar-refractivity contribution in [3.63, 3.8) is 0 Å². The molecule has 0 radical (unpaired) electrons. The van der Waals surface area contributed by atoms with Gasteiger partial charge in [0.05, 0.1) is 13.3 Å². The standard InChI is InChI=1S/C6H6ClN3O2/c1-12-6(11)3-2-9-5(8)4(7)10-3/h2H,1H3,(H2,8,9). The maximum absolute atomic E-state index is 10.9. The van der Waals surface area contributed by atoms with Crippen molar-refractivity contribution in [1.82, 2.24) is 9.97 Å². The third-order valence-electron chi connectivity index (χ3n) is 1.15. The van der Waals surface area contributed by atoms with Crippen LogP contribution in [-0.4, -0.2) is 23.0 Å². The van der Waals surface area contributed by atoms with E-state index in [0.29, 0.717) is 0 Å². The van der Waals surface area contributed by atoms with Gasteiger partial charge in [-0.3, -0.25) is 0 Å². The Morgan fingerprint density at radius 1 is 1.75 bits per heavy atom. The molecule has 64 valence electrons. The predicted molar refractivity (Wildman–Crippen MR) is 42.8 cm³/mol. The second kappa shape index (κ2) is 3.36. The molecule has 2 N–H and O–H groups in total. The number of esters is 1. The van der Waals surface area contributed by atoms with Crippen LogP contribution in [0, 0.1) is 0 Å². The molecule has 0 fully saturated rings. The number of hydrogen-bond acceptors (Lipinski definition) is 5. The zero-order chi connectivity index (χ0) is 9.14. The Balaban J connectivity index is 3.05. The molecule has 1 rings (SSSR count). The van der Waals surface area contributed by atoms with E-state index < -0.39 is 5.97 Å². The van der Waals surface area contributed by atoms with Crippen LogP contribution in [-0.2, 0) is 4.74 Å². The van der Waals surface area contributed by atoms with Crippen LogP contribution in [0.1, 0.15) is 10.5 Å². The van der Waals surface area contributed by atoms with Gasteiger partial charge in [0.1, 0.15) is 0 Å². The number of hydrogen-bond donors (Lipinski definition) is 1. The van der Waals surface area contributed by atoms with E-state index in [1.807, 2.05) is 0 Å². The lowest BCUT2D eigenvalue weighted by atomic mass is 10.4. The smallest absolute Gasteiger partial charge is 0.358 e. The van der Waals surface area contributed by atoms with Crippen LogP contribution in [0.5, 0.6) is 0 Å². The maximum Gasteiger partial charge on any atom is 0.358 e. The first-order valence-corrected chi connectivity index (χ1v) is 3.39. The van der Waals surface area contributed by atoms with E-state index >= 15 is 0 Å². The molecule has 0 aliphatic rings. The third kappa shape index (κ3) is 1.62. The van der Waals surface area contributed by atoms with Crippen LogP contribution >= 0.6 is 11.6 Å². The topological polar surface area (TPSA) is 78.1 Å². The molecule has 0 saturated carbocycles. The number of halogens is 1. The van der Waals surface area contributed by atoms with Crippen LogP contribution in [0.15, 0.2) is 6.20 Å². The molecule has 0 aliphatic carbocycles. The van der Waals surface area contributed by atoms with Crippen LogP contribution < -0.4 is 5.73 Å². The fourth-order valence-corrected chi connectivity index (χ4v) is 0.719. The highest BCUT2D eigenvalue weighted by molar-refractivity contribution is 6.31. The molecule has 1 aromatic rings. The Morgan fingerprint density at radius 3 is 2.92 bits per heavy atom. The first kappa shape index (κ1) is 8.73. The molecule has 12 heavy (non-hydrogen) atoms. The number of anilines is 1. The highest BCUT2D eigenvalue weighted by atomic mass is 35.5. The summed E-state index contributed by atoms with van der Waals surface area (Å²) < 4.78 is 4.39. The van der Waals surface area contributed by atoms with Crippen molar-refractivity contribution in [1.29, 1.82) is 0 Å². The summed E-state index contributed by atoms with van der Waals surface area (Å²) in [5.74, 6) is -0.506. The number of nitrogens with zero attached hydrogens (tertiary/aromatic N) is 2. The van der Waals surface area contributed by atoms with Gasteiger partial charge in [0.2, 0.25) is 0 Å². The van der Waals surface area contributed by atoms with E-state index in [1.54, 1.807) is 0 Å². The van der Waals surface area contributed by atoms with E-state index in [9.17, 15) is 4.79 Å². The van der Waals surface area contributed by atoms with Gasteiger partial charge < -0.3 is 10.5 Å². The van der Waals surface area contributed by atoms with Crippen LogP contribution in [0.3, 0.4) is 0 Å². The number of carbonyl (C=O) groups is 1. The minimum atomic E-state index is -0.593. The molecule has 6 heteroatoms. The van der Waals surface area contributed by atoms with Gasteiger partial charge in [-0.2, -0.15) is 0 Å². The van der Waals surface area contributed by atoms with Gasteiger partial charge in [-0.25, -0.2) is 14.8 Å². The lowest BCUT2D eigenvalue weighted by Gasteiger charge is -1.99. The summed E-state index contributed by atoms with van der Waals surface area (Å²) in [7, 11) is 1.24. The maximum atomic E-state index is 10.9. The molecular formula is C6H6ClN3O2. The largest absolute Gasteiger partial charge is 0.464 e. The van der Waals surface area contributed by atoms with Crippen LogP contribution in [0.4, 0.5) is 5.82 Å². The minimum Gasteiger partial charge on any atom is -0.464 e. The zero-order valence-corrected chi connectivity index (χ0v) is 7.00. The average Bonchev–Trinajstić information content (AvgIpc) is 2.08.